The van der Waals surface area contributed by atoms with Crippen LogP contribution in [-0.4, -0.2) is 37.6 Å². The van der Waals surface area contributed by atoms with Crippen molar-refractivity contribution in [3.8, 4) is 0 Å². The van der Waals surface area contributed by atoms with Gasteiger partial charge in [0.15, 0.2) is 9.84 Å². The summed E-state index contributed by atoms with van der Waals surface area (Å²) in [5.74, 6) is -0.0172. The van der Waals surface area contributed by atoms with Gasteiger partial charge in [-0.15, -0.1) is 0 Å². The van der Waals surface area contributed by atoms with Crippen molar-refractivity contribution in [2.75, 3.05) is 13.1 Å². The summed E-state index contributed by atoms with van der Waals surface area (Å²) in [6.45, 7) is 2.64. The zero-order valence-corrected chi connectivity index (χ0v) is 17.3. The smallest absolute Gasteiger partial charge is 0.222 e. The molecule has 27 heavy (non-hydrogen) atoms. The van der Waals surface area contributed by atoms with Crippen LogP contribution in [0.3, 0.4) is 0 Å². The number of aryl methyl sites for hydroxylation is 2. The van der Waals surface area contributed by atoms with Crippen molar-refractivity contribution in [2.24, 2.45) is 0 Å². The fourth-order valence-corrected chi connectivity index (χ4v) is 5.23. The molecule has 1 unspecified atom stereocenters. The summed E-state index contributed by atoms with van der Waals surface area (Å²) in [5, 5.41) is 0.634. The highest BCUT2D eigenvalue weighted by Gasteiger charge is 2.35. The van der Waals surface area contributed by atoms with Crippen LogP contribution in [-0.2, 0) is 21.1 Å². The maximum absolute atomic E-state index is 12.8. The van der Waals surface area contributed by atoms with Crippen LogP contribution in [0.4, 0.5) is 0 Å². The molecule has 0 bridgehead atoms. The van der Waals surface area contributed by atoms with Gasteiger partial charge in [-0.1, -0.05) is 35.3 Å². The number of hydrogen-bond donors (Lipinski definition) is 0. The number of likely N-dealkylation sites (tertiary alicyclic amines) is 1. The molecule has 144 valence electrons. The highest BCUT2D eigenvalue weighted by Crippen LogP contribution is 2.26. The number of hydrogen-bond acceptors (Lipinski definition) is 3. The first-order valence-electron chi connectivity index (χ1n) is 8.79. The van der Waals surface area contributed by atoms with Gasteiger partial charge in [0, 0.05) is 29.6 Å². The molecular weight excluding hydrogens is 405 g/mol. The fourth-order valence-electron chi connectivity index (χ4n) is 3.30. The molecule has 1 heterocycles. The second-order valence-electron chi connectivity index (χ2n) is 6.83. The molecule has 1 saturated heterocycles. The molecule has 2 aromatic carbocycles. The maximum Gasteiger partial charge on any atom is 0.222 e. The van der Waals surface area contributed by atoms with Gasteiger partial charge in [0.25, 0.3) is 0 Å². The van der Waals surface area contributed by atoms with Crippen LogP contribution in [0.25, 0.3) is 0 Å². The molecule has 1 amide bonds. The summed E-state index contributed by atoms with van der Waals surface area (Å²) in [4.78, 5) is 14.4. The third kappa shape index (κ3) is 4.65. The number of halogens is 2. The fraction of sp³-hybridized carbons (Fsp3) is 0.350. The third-order valence-corrected chi connectivity index (χ3v) is 7.80. The molecule has 0 saturated carbocycles. The summed E-state index contributed by atoms with van der Waals surface area (Å²) in [6.07, 6.45) is 1.42. The van der Waals surface area contributed by atoms with E-state index >= 15 is 0 Å². The molecule has 1 fully saturated rings. The Labute approximate surface area is 170 Å². The molecule has 0 N–H and O–H groups in total. The van der Waals surface area contributed by atoms with E-state index in [-0.39, 0.29) is 17.3 Å². The monoisotopic (exact) mass is 425 g/mol. The van der Waals surface area contributed by atoms with Crippen LogP contribution in [0.1, 0.15) is 24.0 Å². The van der Waals surface area contributed by atoms with E-state index in [1.807, 2.05) is 25.1 Å². The molecule has 0 aromatic heterocycles. The predicted molar refractivity (Wildman–Crippen MR) is 108 cm³/mol. The number of carbonyl (C=O) groups excluding carboxylic acids is 1. The summed E-state index contributed by atoms with van der Waals surface area (Å²) < 4.78 is 25.5. The average molecular weight is 426 g/mol. The van der Waals surface area contributed by atoms with Gasteiger partial charge in [-0.3, -0.25) is 4.79 Å². The van der Waals surface area contributed by atoms with Crippen LogP contribution in [0.5, 0.6) is 0 Å². The van der Waals surface area contributed by atoms with Crippen molar-refractivity contribution >= 4 is 38.9 Å². The van der Waals surface area contributed by atoms with Crippen molar-refractivity contribution in [2.45, 2.75) is 36.3 Å². The van der Waals surface area contributed by atoms with E-state index in [1.165, 1.54) is 12.1 Å². The molecule has 1 aliphatic rings. The lowest BCUT2D eigenvalue weighted by Gasteiger charge is -2.17. The summed E-state index contributed by atoms with van der Waals surface area (Å²) in [7, 11) is -3.47. The summed E-state index contributed by atoms with van der Waals surface area (Å²) in [5.41, 5.74) is 2.03. The van der Waals surface area contributed by atoms with Crippen molar-refractivity contribution in [1.29, 1.82) is 0 Å². The summed E-state index contributed by atoms with van der Waals surface area (Å²) in [6, 6.07) is 11.9. The molecule has 4 nitrogen and oxygen atoms in total. The molecule has 0 spiro atoms. The zero-order valence-electron chi connectivity index (χ0n) is 15.0. The van der Waals surface area contributed by atoms with Gasteiger partial charge in [0.05, 0.1) is 10.1 Å². The first-order valence-corrected chi connectivity index (χ1v) is 11.1. The van der Waals surface area contributed by atoms with Gasteiger partial charge < -0.3 is 4.90 Å². The molecule has 1 aliphatic heterocycles. The van der Waals surface area contributed by atoms with Gasteiger partial charge in [-0.2, -0.15) is 0 Å². The SMILES string of the molecule is Cc1cc(CCC(=O)N2CCC(S(=O)(=O)c3ccc(Cl)cc3)C2)ccc1Cl. The van der Waals surface area contributed by atoms with Gasteiger partial charge in [-0.25, -0.2) is 8.42 Å². The van der Waals surface area contributed by atoms with E-state index in [4.69, 9.17) is 23.2 Å². The Morgan fingerprint density at radius 1 is 1.15 bits per heavy atom. The third-order valence-electron chi connectivity index (χ3n) is 4.93. The number of rotatable bonds is 5. The molecular formula is C20H21Cl2NO3S. The van der Waals surface area contributed by atoms with Crippen molar-refractivity contribution < 1.29 is 13.2 Å². The van der Waals surface area contributed by atoms with Crippen molar-refractivity contribution in [1.82, 2.24) is 4.90 Å². The Balaban J connectivity index is 1.60. The average Bonchev–Trinajstić information content (AvgIpc) is 3.14. The van der Waals surface area contributed by atoms with E-state index in [0.717, 1.165) is 11.1 Å². The minimum Gasteiger partial charge on any atom is -0.341 e. The summed E-state index contributed by atoms with van der Waals surface area (Å²) >= 11 is 11.9. The number of sulfone groups is 1. The van der Waals surface area contributed by atoms with Crippen LogP contribution in [0, 0.1) is 6.92 Å². The highest BCUT2D eigenvalue weighted by atomic mass is 35.5. The quantitative estimate of drug-likeness (QED) is 0.716. The van der Waals surface area contributed by atoms with Crippen LogP contribution < -0.4 is 0 Å². The minimum absolute atomic E-state index is 0.0172. The van der Waals surface area contributed by atoms with E-state index < -0.39 is 15.1 Å². The lowest BCUT2D eigenvalue weighted by molar-refractivity contribution is -0.130. The maximum atomic E-state index is 12.8. The number of benzene rings is 2. The standard InChI is InChI=1S/C20H21Cl2NO3S/c1-14-12-15(2-8-19(14)22)3-9-20(24)23-11-10-18(13-23)27(25,26)17-6-4-16(21)5-7-17/h2,4-8,12,18H,3,9-11,13H2,1H3. The lowest BCUT2D eigenvalue weighted by Crippen LogP contribution is -2.32. The first kappa shape index (κ1) is 20.2. The molecule has 7 heteroatoms. The minimum atomic E-state index is -3.47. The van der Waals surface area contributed by atoms with Gasteiger partial charge in [0.1, 0.15) is 0 Å². The molecule has 2 aromatic rings. The molecule has 0 aliphatic carbocycles. The van der Waals surface area contributed by atoms with Gasteiger partial charge in [0.2, 0.25) is 5.91 Å². The second kappa shape index (κ2) is 8.21. The van der Waals surface area contributed by atoms with Crippen LogP contribution in [0.15, 0.2) is 47.4 Å². The Bertz CT molecular complexity index is 942. The van der Waals surface area contributed by atoms with E-state index in [9.17, 15) is 13.2 Å². The predicted octanol–water partition coefficient (Wildman–Crippen LogP) is 4.31. The largest absolute Gasteiger partial charge is 0.341 e. The zero-order chi connectivity index (χ0) is 19.6. The first-order chi connectivity index (χ1) is 12.8. The lowest BCUT2D eigenvalue weighted by atomic mass is 10.1. The van der Waals surface area contributed by atoms with Crippen LogP contribution >= 0.6 is 23.2 Å². The Kier molecular flexibility index (Phi) is 6.14. The van der Waals surface area contributed by atoms with Crippen molar-refractivity contribution in [3.63, 3.8) is 0 Å². The van der Waals surface area contributed by atoms with Gasteiger partial charge in [-0.05, 0) is 61.2 Å². The second-order valence-corrected chi connectivity index (χ2v) is 9.90. The molecule has 3 rings (SSSR count). The molecule has 0 radical (unpaired) electrons. The molecule has 1 atom stereocenters. The Hall–Kier alpha value is -1.56. The topological polar surface area (TPSA) is 54.5 Å². The number of carbonyl (C=O) groups is 1. The van der Waals surface area contributed by atoms with Gasteiger partial charge >= 0.3 is 0 Å². The number of amides is 1. The van der Waals surface area contributed by atoms with E-state index in [1.54, 1.807) is 17.0 Å². The van der Waals surface area contributed by atoms with Crippen molar-refractivity contribution in [3.05, 3.63) is 63.6 Å². The van der Waals surface area contributed by atoms with Crippen LogP contribution in [0.2, 0.25) is 10.0 Å². The van der Waals surface area contributed by atoms with E-state index in [2.05, 4.69) is 0 Å². The van der Waals surface area contributed by atoms with E-state index in [0.29, 0.717) is 35.9 Å². The Morgan fingerprint density at radius 3 is 2.52 bits per heavy atom. The normalized spacial score (nSPS) is 17.3. The number of nitrogens with zero attached hydrogens (tertiary/aromatic N) is 1. The highest BCUT2D eigenvalue weighted by molar-refractivity contribution is 7.92. The Morgan fingerprint density at radius 2 is 1.85 bits per heavy atom.